The third kappa shape index (κ3) is 6.12. The van der Waals surface area contributed by atoms with Crippen LogP contribution in [-0.2, 0) is 11.3 Å². The van der Waals surface area contributed by atoms with Crippen molar-refractivity contribution in [2.24, 2.45) is 11.0 Å². The lowest BCUT2D eigenvalue weighted by Crippen LogP contribution is -2.30. The van der Waals surface area contributed by atoms with Gasteiger partial charge in [0.15, 0.2) is 12.5 Å². The number of benzene rings is 2. The van der Waals surface area contributed by atoms with Crippen LogP contribution in [-0.4, -0.2) is 76.3 Å². The number of aromatic nitrogens is 4. The maximum Gasteiger partial charge on any atom is 0.309 e. The van der Waals surface area contributed by atoms with Gasteiger partial charge < -0.3 is 9.84 Å². The number of ether oxygens (including phenoxy) is 1. The van der Waals surface area contributed by atoms with Gasteiger partial charge >= 0.3 is 5.97 Å². The minimum Gasteiger partial charge on any atom is -0.491 e. The Morgan fingerprint density at radius 2 is 2.08 bits per heavy atom. The lowest BCUT2D eigenvalue weighted by Gasteiger charge is -2.27. The molecule has 204 valence electrons. The maximum absolute atomic E-state index is 14.2. The molecule has 3 atom stereocenters. The van der Waals surface area contributed by atoms with Gasteiger partial charge in [0, 0.05) is 28.6 Å². The molecular weight excluding hydrogens is 521 g/mol. The van der Waals surface area contributed by atoms with Crippen LogP contribution in [0.4, 0.5) is 10.1 Å². The summed E-state index contributed by atoms with van der Waals surface area (Å²) in [4.78, 5) is 14.2. The van der Waals surface area contributed by atoms with E-state index < -0.39 is 11.8 Å². The molecule has 1 aromatic heterocycles. The van der Waals surface area contributed by atoms with Crippen molar-refractivity contribution in [2.45, 2.75) is 57.2 Å². The van der Waals surface area contributed by atoms with E-state index in [0.29, 0.717) is 23.5 Å². The van der Waals surface area contributed by atoms with Crippen molar-refractivity contribution in [3.63, 3.8) is 0 Å². The van der Waals surface area contributed by atoms with E-state index in [2.05, 4.69) is 49.2 Å². The van der Waals surface area contributed by atoms with Gasteiger partial charge in [-0.3, -0.25) is 4.79 Å². The molecule has 1 saturated heterocycles. The molecule has 12 heteroatoms. The molecule has 5 rings (SSSR count). The summed E-state index contributed by atoms with van der Waals surface area (Å²) in [5.41, 5.74) is 1.61. The topological polar surface area (TPSA) is 109 Å². The van der Waals surface area contributed by atoms with Crippen LogP contribution in [0.3, 0.4) is 0 Å². The van der Waals surface area contributed by atoms with E-state index in [1.165, 1.54) is 23.4 Å². The Balaban J connectivity index is 1.45. The highest BCUT2D eigenvalue weighted by Crippen LogP contribution is 2.40. The number of carbonyl (C=O) groups is 1. The highest BCUT2D eigenvalue weighted by molar-refractivity contribution is 8.13. The number of carboxylic acid groups (broad SMARTS) is 1. The predicted octanol–water partition coefficient (Wildman–Crippen LogP) is 3.96. The fourth-order valence-electron chi connectivity index (χ4n) is 5.00. The summed E-state index contributed by atoms with van der Waals surface area (Å²) in [6.07, 6.45) is 4.06. The highest BCUT2D eigenvalue weighted by atomic mass is 32.2. The first-order chi connectivity index (χ1) is 18.8. The first-order valence-corrected chi connectivity index (χ1v) is 14.1. The van der Waals surface area contributed by atoms with Gasteiger partial charge in [-0.05, 0) is 74.2 Å². The van der Waals surface area contributed by atoms with Gasteiger partial charge in [0.2, 0.25) is 5.69 Å². The van der Waals surface area contributed by atoms with Crippen LogP contribution in [0.2, 0.25) is 0 Å². The summed E-state index contributed by atoms with van der Waals surface area (Å²) in [6, 6.07) is 12.6. The third-order valence-corrected chi connectivity index (χ3v) is 8.65. The number of hydrogen-bond acceptors (Lipinski definition) is 7. The van der Waals surface area contributed by atoms with Crippen LogP contribution in [0.15, 0.2) is 58.8 Å². The summed E-state index contributed by atoms with van der Waals surface area (Å²) in [6.45, 7) is 7.36. The quantitative estimate of drug-likeness (QED) is 0.316. The van der Waals surface area contributed by atoms with Gasteiger partial charge in [-0.25, -0.2) is 8.70 Å². The Hall–Kier alpha value is -3.77. The van der Waals surface area contributed by atoms with Crippen molar-refractivity contribution in [3.8, 4) is 5.75 Å². The molecule has 2 aliphatic rings. The smallest absolute Gasteiger partial charge is 0.309 e. The summed E-state index contributed by atoms with van der Waals surface area (Å²) in [5.74, 6) is -0.472. The van der Waals surface area contributed by atoms with Crippen molar-refractivity contribution >= 4 is 39.6 Å². The van der Waals surface area contributed by atoms with Crippen molar-refractivity contribution in [2.75, 3.05) is 6.54 Å². The van der Waals surface area contributed by atoms with E-state index in [1.807, 2.05) is 32.2 Å². The minimum atomic E-state index is -0.981. The van der Waals surface area contributed by atoms with Crippen LogP contribution >= 0.6 is 10.7 Å². The van der Waals surface area contributed by atoms with Crippen LogP contribution < -0.4 is 4.74 Å². The van der Waals surface area contributed by atoms with Crippen molar-refractivity contribution < 1.29 is 23.7 Å². The third-order valence-electron chi connectivity index (χ3n) is 6.49. The van der Waals surface area contributed by atoms with E-state index in [1.54, 1.807) is 15.5 Å². The van der Waals surface area contributed by atoms with Crippen molar-refractivity contribution in [3.05, 3.63) is 60.2 Å². The molecule has 39 heavy (non-hydrogen) atoms. The molecule has 3 aromatic rings. The second-order valence-electron chi connectivity index (χ2n) is 9.70. The standard InChI is InChI=1S/C27H30FN7O3S/c1-4-39(23-8-6-22(7-9-23)38-18(2)3)34-15-19(11-21(34)16-35-30-17-29-32-35)14-33-26-12-20(28)5-10-24(26)25(31-33)13-27(36)37/h4-10,12,14,17-19,21H,11,13,15-16H2,1-3H3/p+1/b33-14-/t19?,21-,39?/m1/s1. The zero-order valence-electron chi connectivity index (χ0n) is 22.0. The van der Waals surface area contributed by atoms with Gasteiger partial charge in [-0.2, -0.15) is 4.80 Å². The zero-order valence-corrected chi connectivity index (χ0v) is 22.8. The Morgan fingerprint density at radius 1 is 1.28 bits per heavy atom. The summed E-state index contributed by atoms with van der Waals surface area (Å²) >= 11 is 0. The molecule has 2 unspecified atom stereocenters. The van der Waals surface area contributed by atoms with E-state index in [4.69, 9.17) is 4.74 Å². The lowest BCUT2D eigenvalue weighted by molar-refractivity contribution is -0.438. The van der Waals surface area contributed by atoms with Gasteiger partial charge in [0.25, 0.3) is 0 Å². The van der Waals surface area contributed by atoms with E-state index >= 15 is 0 Å². The number of nitrogens with zero attached hydrogens (tertiary/aromatic N) is 7. The fraction of sp³-hybridized carbons (Fsp3) is 0.370. The molecule has 0 aliphatic carbocycles. The minimum absolute atomic E-state index is 0.0704. The first kappa shape index (κ1) is 26.8. The SMILES string of the molecule is C/C=S(\c1ccc(OC(C)C)cc1)N1CC(/C=[N+]2\N=C(CC(=O)O)c3ccc(F)cc32)C[C@@H]1Cn1ncnn1. The molecule has 10 nitrogen and oxygen atoms in total. The van der Waals surface area contributed by atoms with E-state index in [-0.39, 0.29) is 35.2 Å². The van der Waals surface area contributed by atoms with Gasteiger partial charge in [0.1, 0.15) is 17.3 Å². The number of hydrazone groups is 1. The second-order valence-corrected chi connectivity index (χ2v) is 11.7. The fourth-order valence-corrected chi connectivity index (χ4v) is 7.05. The largest absolute Gasteiger partial charge is 0.491 e. The number of fused-ring (bicyclic) bond motifs is 1. The normalized spacial score (nSPS) is 20.9. The molecule has 0 radical (unpaired) electrons. The molecule has 1 N–H and O–H groups in total. The Bertz CT molecular complexity index is 1440. The molecule has 0 amide bonds. The molecular formula is C27H31FN7O3S+. The number of halogens is 1. The highest BCUT2D eigenvalue weighted by Gasteiger charge is 2.38. The number of aliphatic carboxylic acids is 1. The molecule has 0 saturated carbocycles. The summed E-state index contributed by atoms with van der Waals surface area (Å²) in [5, 5.41) is 28.3. The molecule has 1 fully saturated rings. The molecule has 3 heterocycles. The Morgan fingerprint density at radius 3 is 2.74 bits per heavy atom. The summed E-state index contributed by atoms with van der Waals surface area (Å²) in [7, 11) is -0.319. The lowest BCUT2D eigenvalue weighted by atomic mass is 10.1. The van der Waals surface area contributed by atoms with Gasteiger partial charge in [0.05, 0.1) is 30.6 Å². The van der Waals surface area contributed by atoms with E-state index in [9.17, 15) is 14.3 Å². The van der Waals surface area contributed by atoms with Crippen LogP contribution in [0, 0.1) is 11.7 Å². The number of carboxylic acids is 1. The zero-order chi connectivity index (χ0) is 27.5. The molecule has 0 bridgehead atoms. The Labute approximate surface area is 228 Å². The number of tetrazole rings is 1. The van der Waals surface area contributed by atoms with Crippen LogP contribution in [0.25, 0.3) is 0 Å². The monoisotopic (exact) mass is 552 g/mol. The van der Waals surface area contributed by atoms with Crippen molar-refractivity contribution in [1.29, 1.82) is 0 Å². The number of rotatable bonds is 9. The molecule has 0 spiro atoms. The first-order valence-electron chi connectivity index (χ1n) is 12.8. The van der Waals surface area contributed by atoms with Gasteiger partial charge in [-0.15, -0.1) is 10.2 Å². The van der Waals surface area contributed by atoms with Gasteiger partial charge in [-0.1, -0.05) is 15.4 Å². The maximum atomic E-state index is 14.2. The molecule has 2 aliphatic heterocycles. The van der Waals surface area contributed by atoms with Crippen LogP contribution in [0.1, 0.15) is 39.2 Å². The predicted molar refractivity (Wildman–Crippen MR) is 147 cm³/mol. The molecule has 2 aromatic carbocycles. The average molecular weight is 553 g/mol. The average Bonchev–Trinajstić information content (AvgIpc) is 3.61. The van der Waals surface area contributed by atoms with Crippen molar-refractivity contribution in [1.82, 2.24) is 24.5 Å². The second kappa shape index (κ2) is 11.5. The Kier molecular flexibility index (Phi) is 7.94. The van der Waals surface area contributed by atoms with Crippen LogP contribution in [0.5, 0.6) is 5.75 Å². The van der Waals surface area contributed by atoms with E-state index in [0.717, 1.165) is 18.7 Å². The number of hydrogen-bond donors (Lipinski definition) is 1. The summed E-state index contributed by atoms with van der Waals surface area (Å²) < 4.78 is 24.1.